The van der Waals surface area contributed by atoms with Crippen molar-refractivity contribution in [3.8, 4) is 0 Å². The molecule has 1 aliphatic rings. The summed E-state index contributed by atoms with van der Waals surface area (Å²) < 4.78 is 44.6. The minimum Gasteiger partial charge on any atom is -0.337 e. The van der Waals surface area contributed by atoms with Gasteiger partial charge < -0.3 is 10.0 Å². The van der Waals surface area contributed by atoms with Crippen molar-refractivity contribution in [3.63, 3.8) is 0 Å². The van der Waals surface area contributed by atoms with E-state index in [9.17, 15) is 18.0 Å². The quantitative estimate of drug-likeness (QED) is 0.588. The Morgan fingerprint density at radius 2 is 1.96 bits per heavy atom. The normalized spacial score (nSPS) is 15.9. The highest BCUT2D eigenvalue weighted by molar-refractivity contribution is 8.02. The van der Waals surface area contributed by atoms with Crippen LogP contribution in [0.15, 0.2) is 29.1 Å². The maximum Gasteiger partial charge on any atom is 0.254 e. The van der Waals surface area contributed by atoms with Gasteiger partial charge in [-0.1, -0.05) is 6.07 Å². The summed E-state index contributed by atoms with van der Waals surface area (Å²) in [6, 6.07) is 6.48. The topological polar surface area (TPSA) is 46.1 Å². The third-order valence-corrected chi connectivity index (χ3v) is 6.25. The molecule has 0 spiro atoms. The van der Waals surface area contributed by atoms with Crippen LogP contribution in [-0.2, 0) is 7.05 Å². The Labute approximate surface area is 166 Å². The maximum atomic E-state index is 14.3. The van der Waals surface area contributed by atoms with Crippen molar-refractivity contribution in [1.82, 2.24) is 4.57 Å². The number of alkyl halides is 2. The third-order valence-electron chi connectivity index (χ3n) is 4.92. The zero-order valence-electron chi connectivity index (χ0n) is 16.1. The number of rotatable bonds is 8. The van der Waals surface area contributed by atoms with Crippen molar-refractivity contribution >= 4 is 29.1 Å². The lowest BCUT2D eigenvalue weighted by Crippen LogP contribution is -2.23. The van der Waals surface area contributed by atoms with Crippen LogP contribution in [-0.4, -0.2) is 22.2 Å². The first-order chi connectivity index (χ1) is 13.2. The van der Waals surface area contributed by atoms with Gasteiger partial charge in [-0.15, -0.1) is 0 Å². The molecule has 1 atom stereocenters. The van der Waals surface area contributed by atoms with Gasteiger partial charge in [-0.05, 0) is 68.8 Å². The van der Waals surface area contributed by atoms with Gasteiger partial charge in [-0.3, -0.25) is 9.36 Å². The Bertz CT molecular complexity index is 928. The molecule has 0 amide bonds. The van der Waals surface area contributed by atoms with Crippen molar-refractivity contribution in [3.05, 3.63) is 51.6 Å². The predicted molar refractivity (Wildman–Crippen MR) is 110 cm³/mol. The fourth-order valence-electron chi connectivity index (χ4n) is 3.08. The number of nitrogens with zero attached hydrogens (tertiary/aromatic N) is 1. The molecular formula is C20H24F3N3OS. The molecule has 2 N–H and O–H groups in total. The lowest BCUT2D eigenvalue weighted by atomic mass is 10.2. The number of aryl methyl sites for hydroxylation is 2. The smallest absolute Gasteiger partial charge is 0.254 e. The molecule has 8 heteroatoms. The zero-order chi connectivity index (χ0) is 20.5. The Kier molecular flexibility index (Phi) is 5.98. The number of halogens is 3. The lowest BCUT2D eigenvalue weighted by Gasteiger charge is -2.21. The molecule has 4 nitrogen and oxygen atoms in total. The molecule has 1 heterocycles. The summed E-state index contributed by atoms with van der Waals surface area (Å²) in [4.78, 5) is 12.4. The molecule has 28 heavy (non-hydrogen) atoms. The molecular weight excluding hydrogens is 387 g/mol. The molecule has 0 saturated heterocycles. The number of anilines is 3. The molecule has 1 unspecified atom stereocenters. The van der Waals surface area contributed by atoms with E-state index in [-0.39, 0.29) is 22.4 Å². The van der Waals surface area contributed by atoms with Crippen molar-refractivity contribution in [2.24, 2.45) is 7.05 Å². The molecule has 1 aromatic carbocycles. The average Bonchev–Trinajstić information content (AvgIpc) is 3.42. The van der Waals surface area contributed by atoms with Crippen LogP contribution in [0.5, 0.6) is 0 Å². The Balaban J connectivity index is 1.87. The summed E-state index contributed by atoms with van der Waals surface area (Å²) in [7, 11) is 1.60. The van der Waals surface area contributed by atoms with Crippen LogP contribution in [0.4, 0.5) is 30.4 Å². The van der Waals surface area contributed by atoms with E-state index in [0.717, 1.165) is 18.4 Å². The minimum absolute atomic E-state index is 0.140. The van der Waals surface area contributed by atoms with Gasteiger partial charge >= 0.3 is 0 Å². The molecule has 0 radical (unpaired) electrons. The van der Waals surface area contributed by atoms with Crippen LogP contribution in [0.3, 0.4) is 0 Å². The first kappa shape index (κ1) is 20.6. The molecule has 2 aromatic rings. The van der Waals surface area contributed by atoms with Crippen LogP contribution in [0.2, 0.25) is 0 Å². The first-order valence-electron chi connectivity index (χ1n) is 9.12. The summed E-state index contributed by atoms with van der Waals surface area (Å²) >= 11 is 1.34. The molecule has 0 aliphatic heterocycles. The highest BCUT2D eigenvalue weighted by Gasteiger charge is 2.45. The zero-order valence-corrected chi connectivity index (χ0v) is 16.9. The van der Waals surface area contributed by atoms with E-state index in [1.165, 1.54) is 22.6 Å². The number of aromatic nitrogens is 1. The summed E-state index contributed by atoms with van der Waals surface area (Å²) in [5, 5.41) is 2.99. The summed E-state index contributed by atoms with van der Waals surface area (Å²) in [5.41, 5.74) is 1.95. The molecule has 152 valence electrons. The molecule has 1 aromatic heterocycles. The van der Waals surface area contributed by atoms with Crippen LogP contribution >= 0.6 is 11.9 Å². The van der Waals surface area contributed by atoms with Crippen molar-refractivity contribution in [2.45, 2.75) is 44.0 Å². The number of pyridine rings is 1. The van der Waals surface area contributed by atoms with Crippen LogP contribution < -0.4 is 15.6 Å². The van der Waals surface area contributed by atoms with Gasteiger partial charge in [-0.2, -0.15) is 0 Å². The monoisotopic (exact) mass is 411 g/mol. The van der Waals surface area contributed by atoms with Crippen LogP contribution in [0.1, 0.15) is 30.4 Å². The highest BCUT2D eigenvalue weighted by atomic mass is 32.2. The number of hydrogen-bond donors (Lipinski definition) is 2. The second-order valence-corrected chi connectivity index (χ2v) is 8.68. The van der Waals surface area contributed by atoms with E-state index in [0.29, 0.717) is 17.1 Å². The number of nitrogens with one attached hydrogen (secondary N) is 2. The van der Waals surface area contributed by atoms with E-state index in [4.69, 9.17) is 0 Å². The SMILES string of the molecule is Cc1ccc(Nc2c(NSC3(CC(F)CF)CC3)cc(C)c(=O)n2C)c(F)c1. The fourth-order valence-corrected chi connectivity index (χ4v) is 4.13. The molecule has 0 bridgehead atoms. The van der Waals surface area contributed by atoms with E-state index < -0.39 is 18.7 Å². The van der Waals surface area contributed by atoms with E-state index >= 15 is 0 Å². The van der Waals surface area contributed by atoms with Gasteiger partial charge in [0.25, 0.3) is 5.56 Å². The minimum atomic E-state index is -1.47. The molecule has 3 rings (SSSR count). The molecule has 1 saturated carbocycles. The second kappa shape index (κ2) is 8.11. The Morgan fingerprint density at radius 3 is 2.57 bits per heavy atom. The highest BCUT2D eigenvalue weighted by Crippen LogP contribution is 2.52. The predicted octanol–water partition coefficient (Wildman–Crippen LogP) is 5.18. The van der Waals surface area contributed by atoms with Crippen LogP contribution in [0, 0.1) is 19.7 Å². The fraction of sp³-hybridized carbons (Fsp3) is 0.450. The Hall–Kier alpha value is -2.09. The first-order valence-corrected chi connectivity index (χ1v) is 9.94. The van der Waals surface area contributed by atoms with Crippen LogP contribution in [0.25, 0.3) is 0 Å². The van der Waals surface area contributed by atoms with Crippen molar-refractivity contribution in [2.75, 3.05) is 16.7 Å². The van der Waals surface area contributed by atoms with E-state index in [1.807, 2.05) is 0 Å². The van der Waals surface area contributed by atoms with Gasteiger partial charge in [0, 0.05) is 17.4 Å². The molecule has 1 aliphatic carbocycles. The second-order valence-electron chi connectivity index (χ2n) is 7.40. The summed E-state index contributed by atoms with van der Waals surface area (Å²) in [5.74, 6) is -0.0162. The summed E-state index contributed by atoms with van der Waals surface area (Å²) in [6.07, 6.45) is 0.260. The van der Waals surface area contributed by atoms with E-state index in [2.05, 4.69) is 10.0 Å². The lowest BCUT2D eigenvalue weighted by molar-refractivity contribution is 0.243. The van der Waals surface area contributed by atoms with Gasteiger partial charge in [-0.25, -0.2) is 13.2 Å². The number of hydrogen-bond acceptors (Lipinski definition) is 4. The summed E-state index contributed by atoms with van der Waals surface area (Å²) in [6.45, 7) is 2.51. The largest absolute Gasteiger partial charge is 0.337 e. The van der Waals surface area contributed by atoms with E-state index in [1.54, 1.807) is 39.1 Å². The maximum absolute atomic E-state index is 14.3. The average molecular weight is 411 g/mol. The Morgan fingerprint density at radius 1 is 1.25 bits per heavy atom. The van der Waals surface area contributed by atoms with Gasteiger partial charge in [0.2, 0.25) is 0 Å². The number of benzene rings is 1. The molecule has 1 fully saturated rings. The van der Waals surface area contributed by atoms with Gasteiger partial charge in [0.1, 0.15) is 24.5 Å². The van der Waals surface area contributed by atoms with Gasteiger partial charge in [0.15, 0.2) is 0 Å². The van der Waals surface area contributed by atoms with Gasteiger partial charge in [0.05, 0.1) is 11.4 Å². The third kappa shape index (κ3) is 4.48. The standard InChI is InChI=1S/C20H24F3N3OS/c1-12-4-5-16(15(23)8-12)24-18-17(9-13(2)19(27)26(18)3)25-28-20(6-7-20)10-14(22)11-21/h4-5,8-9,14,24-25H,6-7,10-11H2,1-3H3. The van der Waals surface area contributed by atoms with Crippen molar-refractivity contribution < 1.29 is 13.2 Å². The van der Waals surface area contributed by atoms with Crippen molar-refractivity contribution in [1.29, 1.82) is 0 Å².